The van der Waals surface area contributed by atoms with Crippen LogP contribution in [0, 0.1) is 5.92 Å². The highest BCUT2D eigenvalue weighted by molar-refractivity contribution is 8.00. The fourth-order valence-corrected chi connectivity index (χ4v) is 3.21. The summed E-state index contributed by atoms with van der Waals surface area (Å²) in [5.41, 5.74) is 7.38. The molecule has 1 aliphatic rings. The van der Waals surface area contributed by atoms with Crippen LogP contribution in [0.5, 0.6) is 0 Å². The van der Waals surface area contributed by atoms with Crippen molar-refractivity contribution in [2.75, 3.05) is 0 Å². The summed E-state index contributed by atoms with van der Waals surface area (Å²) in [7, 11) is 0. The molecule has 0 saturated heterocycles. The van der Waals surface area contributed by atoms with Gasteiger partial charge in [0.2, 0.25) is 0 Å². The van der Waals surface area contributed by atoms with E-state index in [2.05, 4.69) is 19.9 Å². The Bertz CT molecular complexity index is 353. The van der Waals surface area contributed by atoms with Crippen molar-refractivity contribution in [3.8, 4) is 0 Å². The largest absolute Gasteiger partial charge is 0.324 e. The Morgan fingerprint density at radius 1 is 1.36 bits per heavy atom. The quantitative estimate of drug-likeness (QED) is 0.735. The lowest BCUT2D eigenvalue weighted by molar-refractivity contribution is 0.453. The molecule has 14 heavy (non-hydrogen) atoms. The van der Waals surface area contributed by atoms with Gasteiger partial charge in [-0.1, -0.05) is 25.4 Å². The predicted octanol–water partition coefficient (Wildman–Crippen LogP) is 3.47. The predicted molar refractivity (Wildman–Crippen MR) is 62.9 cm³/mol. The second-order valence-corrected chi connectivity index (χ2v) is 5.75. The van der Waals surface area contributed by atoms with Crippen LogP contribution in [0.3, 0.4) is 0 Å². The first-order valence-corrected chi connectivity index (χ1v) is 6.07. The van der Waals surface area contributed by atoms with Gasteiger partial charge in [0.1, 0.15) is 0 Å². The Morgan fingerprint density at radius 2 is 2.07 bits per heavy atom. The van der Waals surface area contributed by atoms with Gasteiger partial charge in [-0.05, 0) is 29.7 Å². The molecule has 1 aromatic carbocycles. The fourth-order valence-electron chi connectivity index (χ4n) is 1.77. The van der Waals surface area contributed by atoms with Gasteiger partial charge in [-0.2, -0.15) is 0 Å². The van der Waals surface area contributed by atoms with Gasteiger partial charge in [-0.3, -0.25) is 0 Å². The fraction of sp³-hybridized carbons (Fsp3) is 0.455. The highest BCUT2D eigenvalue weighted by atomic mass is 35.5. The molecule has 2 rings (SSSR count). The zero-order chi connectivity index (χ0) is 10.3. The molecule has 2 N–H and O–H groups in total. The van der Waals surface area contributed by atoms with E-state index in [1.165, 1.54) is 10.5 Å². The number of halogens is 1. The molecule has 0 amide bonds. The normalized spacial score (nSPS) is 31.3. The third-order valence-electron chi connectivity index (χ3n) is 2.95. The molecule has 1 aromatic rings. The first kappa shape index (κ1) is 10.3. The second-order valence-electron chi connectivity index (χ2n) is 3.89. The van der Waals surface area contributed by atoms with Crippen LogP contribution in [0.4, 0.5) is 0 Å². The molecule has 0 fully saturated rings. The van der Waals surface area contributed by atoms with E-state index in [1.807, 2.05) is 23.9 Å². The number of fused-ring (bicyclic) bond motifs is 1. The summed E-state index contributed by atoms with van der Waals surface area (Å²) < 4.78 is 0. The number of nitrogens with two attached hydrogens (primary N) is 1. The zero-order valence-corrected chi connectivity index (χ0v) is 9.90. The van der Waals surface area contributed by atoms with Gasteiger partial charge in [0.05, 0.1) is 0 Å². The van der Waals surface area contributed by atoms with Crippen molar-refractivity contribution in [3.05, 3.63) is 28.8 Å². The highest BCUT2D eigenvalue weighted by Crippen LogP contribution is 2.43. The van der Waals surface area contributed by atoms with Gasteiger partial charge in [0.15, 0.2) is 0 Å². The summed E-state index contributed by atoms with van der Waals surface area (Å²) in [6, 6.07) is 6.13. The van der Waals surface area contributed by atoms with Crippen LogP contribution in [0.1, 0.15) is 25.5 Å². The maximum atomic E-state index is 6.18. The highest BCUT2D eigenvalue weighted by Gasteiger charge is 2.29. The van der Waals surface area contributed by atoms with E-state index in [-0.39, 0.29) is 6.04 Å². The van der Waals surface area contributed by atoms with Crippen LogP contribution >= 0.6 is 23.4 Å². The molecule has 0 spiro atoms. The molecule has 0 saturated carbocycles. The molecule has 0 bridgehead atoms. The minimum Gasteiger partial charge on any atom is -0.324 e. The smallest absolute Gasteiger partial charge is 0.0410 e. The van der Waals surface area contributed by atoms with E-state index in [0.29, 0.717) is 11.2 Å². The summed E-state index contributed by atoms with van der Waals surface area (Å²) in [5.74, 6) is 0.506. The molecular weight excluding hydrogens is 214 g/mol. The first-order chi connectivity index (χ1) is 6.59. The molecule has 1 heterocycles. The van der Waals surface area contributed by atoms with Gasteiger partial charge in [0.25, 0.3) is 0 Å². The van der Waals surface area contributed by atoms with Crippen LogP contribution in [0.15, 0.2) is 23.1 Å². The molecule has 3 unspecified atom stereocenters. The number of thioether (sulfide) groups is 1. The van der Waals surface area contributed by atoms with Crippen molar-refractivity contribution in [1.82, 2.24) is 0 Å². The lowest BCUT2D eigenvalue weighted by Gasteiger charge is -2.33. The molecule has 0 aliphatic carbocycles. The second kappa shape index (κ2) is 3.76. The minimum absolute atomic E-state index is 0.125. The van der Waals surface area contributed by atoms with Gasteiger partial charge in [-0.25, -0.2) is 0 Å². The van der Waals surface area contributed by atoms with Gasteiger partial charge >= 0.3 is 0 Å². The van der Waals surface area contributed by atoms with E-state index >= 15 is 0 Å². The maximum absolute atomic E-state index is 6.18. The number of benzene rings is 1. The van der Waals surface area contributed by atoms with Crippen molar-refractivity contribution in [2.45, 2.75) is 30.0 Å². The van der Waals surface area contributed by atoms with Crippen LogP contribution in [-0.4, -0.2) is 5.25 Å². The minimum atomic E-state index is 0.125. The first-order valence-electron chi connectivity index (χ1n) is 4.81. The molecule has 3 heteroatoms. The monoisotopic (exact) mass is 227 g/mol. The third kappa shape index (κ3) is 1.67. The Kier molecular flexibility index (Phi) is 2.78. The van der Waals surface area contributed by atoms with Crippen molar-refractivity contribution in [2.24, 2.45) is 11.7 Å². The average molecular weight is 228 g/mol. The summed E-state index contributed by atoms with van der Waals surface area (Å²) >= 11 is 7.86. The van der Waals surface area contributed by atoms with Crippen LogP contribution in [0.2, 0.25) is 5.02 Å². The van der Waals surface area contributed by atoms with E-state index < -0.39 is 0 Å². The van der Waals surface area contributed by atoms with E-state index in [9.17, 15) is 0 Å². The van der Waals surface area contributed by atoms with Gasteiger partial charge in [0, 0.05) is 21.2 Å². The third-order valence-corrected chi connectivity index (χ3v) is 4.61. The van der Waals surface area contributed by atoms with Crippen molar-refractivity contribution in [1.29, 1.82) is 0 Å². The average Bonchev–Trinajstić information content (AvgIpc) is 2.16. The molecule has 1 aliphatic heterocycles. The van der Waals surface area contributed by atoms with E-state index in [4.69, 9.17) is 17.3 Å². The Labute approximate surface area is 94.0 Å². The van der Waals surface area contributed by atoms with E-state index in [0.717, 1.165) is 5.02 Å². The van der Waals surface area contributed by atoms with Crippen LogP contribution in [0.25, 0.3) is 0 Å². The molecule has 3 atom stereocenters. The molecule has 0 radical (unpaired) electrons. The summed E-state index contributed by atoms with van der Waals surface area (Å²) in [4.78, 5) is 1.28. The summed E-state index contributed by atoms with van der Waals surface area (Å²) in [5, 5.41) is 1.36. The molecule has 76 valence electrons. The molecule has 0 aromatic heterocycles. The van der Waals surface area contributed by atoms with Crippen LogP contribution in [-0.2, 0) is 0 Å². The SMILES string of the molecule is CC1Sc2ccc(Cl)cc2C(N)C1C. The van der Waals surface area contributed by atoms with Gasteiger partial charge < -0.3 is 5.73 Å². The Morgan fingerprint density at radius 3 is 2.79 bits per heavy atom. The molecular formula is C11H14ClNS. The van der Waals surface area contributed by atoms with Gasteiger partial charge in [-0.15, -0.1) is 11.8 Å². The lowest BCUT2D eigenvalue weighted by Crippen LogP contribution is -2.29. The lowest BCUT2D eigenvalue weighted by atomic mass is 9.92. The Hall–Kier alpha value is -0.180. The van der Waals surface area contributed by atoms with E-state index in [1.54, 1.807) is 0 Å². The number of hydrogen-bond acceptors (Lipinski definition) is 2. The summed E-state index contributed by atoms with van der Waals surface area (Å²) in [6.45, 7) is 4.43. The summed E-state index contributed by atoms with van der Waals surface area (Å²) in [6.07, 6.45) is 0. The van der Waals surface area contributed by atoms with Crippen LogP contribution < -0.4 is 5.73 Å². The number of rotatable bonds is 0. The maximum Gasteiger partial charge on any atom is 0.0410 e. The molecule has 1 nitrogen and oxygen atoms in total. The number of hydrogen-bond donors (Lipinski definition) is 1. The topological polar surface area (TPSA) is 26.0 Å². The van der Waals surface area contributed by atoms with Crippen molar-refractivity contribution < 1.29 is 0 Å². The van der Waals surface area contributed by atoms with Crippen molar-refractivity contribution in [3.63, 3.8) is 0 Å². The Balaban J connectivity index is 2.46. The zero-order valence-electron chi connectivity index (χ0n) is 8.33. The van der Waals surface area contributed by atoms with Crippen molar-refractivity contribution >= 4 is 23.4 Å². The standard InChI is InChI=1S/C11H14ClNS/c1-6-7(2)14-10-4-3-8(12)5-9(10)11(6)13/h3-7,11H,13H2,1-2H3.